The summed E-state index contributed by atoms with van der Waals surface area (Å²) in [4.78, 5) is 12.0. The second kappa shape index (κ2) is 4.39. The summed E-state index contributed by atoms with van der Waals surface area (Å²) in [7, 11) is 0. The number of anilines is 1. The van der Waals surface area contributed by atoms with Crippen LogP contribution in [0.15, 0.2) is 0 Å². The minimum atomic E-state index is -0.169. The van der Waals surface area contributed by atoms with Crippen molar-refractivity contribution < 1.29 is 4.79 Å². The van der Waals surface area contributed by atoms with E-state index in [0.29, 0.717) is 23.2 Å². The second-order valence-electron chi connectivity index (χ2n) is 5.10. The molecular formula is C12H20N4O. The van der Waals surface area contributed by atoms with Gasteiger partial charge in [-0.15, -0.1) is 0 Å². The van der Waals surface area contributed by atoms with E-state index in [0.717, 1.165) is 12.1 Å². The fourth-order valence-electron chi connectivity index (χ4n) is 2.42. The molecule has 5 heteroatoms. The molecular weight excluding hydrogens is 216 g/mol. The number of hydrogen-bond donors (Lipinski definition) is 3. The molecule has 1 amide bonds. The van der Waals surface area contributed by atoms with E-state index in [1.807, 2.05) is 0 Å². The SMILES string of the molecule is Cc1[nH]nc(C(=O)NC2CCC(C)C2C)c1N. The lowest BCUT2D eigenvalue weighted by molar-refractivity contribution is 0.0923. The predicted molar refractivity (Wildman–Crippen MR) is 66.6 cm³/mol. The Hall–Kier alpha value is -1.52. The van der Waals surface area contributed by atoms with Crippen LogP contribution in [0.4, 0.5) is 5.69 Å². The van der Waals surface area contributed by atoms with Crippen molar-refractivity contribution in [2.75, 3.05) is 5.73 Å². The van der Waals surface area contributed by atoms with Crippen molar-refractivity contribution in [2.45, 2.75) is 39.7 Å². The first-order valence-electron chi connectivity index (χ1n) is 6.12. The van der Waals surface area contributed by atoms with Crippen LogP contribution in [0.3, 0.4) is 0 Å². The monoisotopic (exact) mass is 236 g/mol. The minimum Gasteiger partial charge on any atom is -0.395 e. The molecule has 2 rings (SSSR count). The van der Waals surface area contributed by atoms with Crippen LogP contribution in [0.1, 0.15) is 42.9 Å². The van der Waals surface area contributed by atoms with Crippen molar-refractivity contribution in [2.24, 2.45) is 11.8 Å². The van der Waals surface area contributed by atoms with Crippen molar-refractivity contribution in [3.05, 3.63) is 11.4 Å². The van der Waals surface area contributed by atoms with Gasteiger partial charge in [-0.05, 0) is 31.6 Å². The van der Waals surface area contributed by atoms with Crippen molar-refractivity contribution in [3.8, 4) is 0 Å². The molecule has 1 aliphatic rings. The Labute approximate surface area is 101 Å². The highest BCUT2D eigenvalue weighted by Gasteiger charge is 2.31. The van der Waals surface area contributed by atoms with Crippen LogP contribution in [0.2, 0.25) is 0 Å². The lowest BCUT2D eigenvalue weighted by Gasteiger charge is -2.19. The first-order valence-corrected chi connectivity index (χ1v) is 6.12. The topological polar surface area (TPSA) is 83.8 Å². The zero-order valence-corrected chi connectivity index (χ0v) is 10.6. The first kappa shape index (κ1) is 12.0. The van der Waals surface area contributed by atoms with Crippen LogP contribution in [0.5, 0.6) is 0 Å². The average molecular weight is 236 g/mol. The number of carbonyl (C=O) groups is 1. The Morgan fingerprint density at radius 3 is 2.65 bits per heavy atom. The average Bonchev–Trinajstić information content (AvgIpc) is 2.77. The summed E-state index contributed by atoms with van der Waals surface area (Å²) in [6.45, 7) is 6.21. The zero-order chi connectivity index (χ0) is 12.6. The number of hydrogen-bond acceptors (Lipinski definition) is 3. The van der Waals surface area contributed by atoms with Gasteiger partial charge in [0.15, 0.2) is 5.69 Å². The molecule has 94 valence electrons. The van der Waals surface area contributed by atoms with Crippen molar-refractivity contribution in [1.29, 1.82) is 0 Å². The smallest absolute Gasteiger partial charge is 0.274 e. The van der Waals surface area contributed by atoms with Gasteiger partial charge in [-0.2, -0.15) is 5.10 Å². The van der Waals surface area contributed by atoms with Crippen LogP contribution in [0, 0.1) is 18.8 Å². The minimum absolute atomic E-state index is 0.169. The number of amides is 1. The number of nitrogen functional groups attached to an aromatic ring is 1. The van der Waals surface area contributed by atoms with Gasteiger partial charge in [0, 0.05) is 6.04 Å². The van der Waals surface area contributed by atoms with E-state index in [4.69, 9.17) is 5.73 Å². The third-order valence-electron chi connectivity index (χ3n) is 3.99. The van der Waals surface area contributed by atoms with E-state index >= 15 is 0 Å². The zero-order valence-electron chi connectivity index (χ0n) is 10.6. The molecule has 0 radical (unpaired) electrons. The Kier molecular flexibility index (Phi) is 3.09. The van der Waals surface area contributed by atoms with Gasteiger partial charge in [0.1, 0.15) is 0 Å². The van der Waals surface area contributed by atoms with E-state index in [9.17, 15) is 4.79 Å². The number of carbonyl (C=O) groups excluding carboxylic acids is 1. The number of aryl methyl sites for hydroxylation is 1. The molecule has 3 unspecified atom stereocenters. The van der Waals surface area contributed by atoms with Gasteiger partial charge >= 0.3 is 0 Å². The van der Waals surface area contributed by atoms with Gasteiger partial charge < -0.3 is 11.1 Å². The summed E-state index contributed by atoms with van der Waals surface area (Å²) in [5.41, 5.74) is 7.28. The number of rotatable bonds is 2. The van der Waals surface area contributed by atoms with Crippen molar-refractivity contribution in [1.82, 2.24) is 15.5 Å². The molecule has 0 spiro atoms. The lowest BCUT2D eigenvalue weighted by Crippen LogP contribution is -2.37. The van der Waals surface area contributed by atoms with Crippen LogP contribution in [-0.4, -0.2) is 22.1 Å². The van der Waals surface area contributed by atoms with Crippen LogP contribution in [0.25, 0.3) is 0 Å². The standard InChI is InChI=1S/C12H20N4O/c1-6-4-5-9(7(6)2)14-12(17)11-10(13)8(3)15-16-11/h6-7,9H,4-5,13H2,1-3H3,(H,14,17)(H,15,16). The summed E-state index contributed by atoms with van der Waals surface area (Å²) in [6.07, 6.45) is 2.21. The van der Waals surface area contributed by atoms with Gasteiger partial charge in [-0.3, -0.25) is 9.89 Å². The van der Waals surface area contributed by atoms with E-state index in [1.54, 1.807) is 6.92 Å². The molecule has 3 atom stereocenters. The molecule has 1 aromatic rings. The summed E-state index contributed by atoms with van der Waals surface area (Å²) in [5.74, 6) is 1.01. The van der Waals surface area contributed by atoms with Gasteiger partial charge in [0.2, 0.25) is 0 Å². The quantitative estimate of drug-likeness (QED) is 0.727. The van der Waals surface area contributed by atoms with E-state index in [2.05, 4.69) is 29.4 Å². The maximum atomic E-state index is 12.0. The number of nitrogens with two attached hydrogens (primary N) is 1. The van der Waals surface area contributed by atoms with Crippen molar-refractivity contribution in [3.63, 3.8) is 0 Å². The molecule has 4 N–H and O–H groups in total. The molecule has 1 heterocycles. The molecule has 0 saturated heterocycles. The third kappa shape index (κ3) is 2.14. The predicted octanol–water partition coefficient (Wildman–Crippen LogP) is 1.46. The molecule has 1 fully saturated rings. The number of H-pyrrole nitrogens is 1. The molecule has 1 aromatic heterocycles. The number of aromatic nitrogens is 2. The van der Waals surface area contributed by atoms with Crippen molar-refractivity contribution >= 4 is 11.6 Å². The highest BCUT2D eigenvalue weighted by Crippen LogP contribution is 2.31. The molecule has 0 aliphatic heterocycles. The summed E-state index contributed by atoms with van der Waals surface area (Å²) in [6, 6.07) is 0.244. The number of nitrogens with zero attached hydrogens (tertiary/aromatic N) is 1. The fraction of sp³-hybridized carbons (Fsp3) is 0.667. The summed E-state index contributed by atoms with van der Waals surface area (Å²) in [5, 5.41) is 9.69. The molecule has 5 nitrogen and oxygen atoms in total. The highest BCUT2D eigenvalue weighted by atomic mass is 16.2. The Balaban J connectivity index is 2.05. The van der Waals surface area contributed by atoms with Crippen LogP contribution >= 0.6 is 0 Å². The highest BCUT2D eigenvalue weighted by molar-refractivity contribution is 5.97. The fourth-order valence-corrected chi connectivity index (χ4v) is 2.42. The van der Waals surface area contributed by atoms with E-state index in [-0.39, 0.29) is 11.9 Å². The molecule has 1 saturated carbocycles. The van der Waals surface area contributed by atoms with Gasteiger partial charge in [0.25, 0.3) is 5.91 Å². The molecule has 0 aromatic carbocycles. The largest absolute Gasteiger partial charge is 0.395 e. The summed E-state index contributed by atoms with van der Waals surface area (Å²) >= 11 is 0. The van der Waals surface area contributed by atoms with E-state index in [1.165, 1.54) is 6.42 Å². The maximum absolute atomic E-state index is 12.0. The molecule has 1 aliphatic carbocycles. The molecule has 0 bridgehead atoms. The Morgan fingerprint density at radius 2 is 2.18 bits per heavy atom. The first-order chi connectivity index (χ1) is 8.00. The summed E-state index contributed by atoms with van der Waals surface area (Å²) < 4.78 is 0. The van der Waals surface area contributed by atoms with Crippen LogP contribution in [-0.2, 0) is 0 Å². The normalized spacial score (nSPS) is 28.3. The Morgan fingerprint density at radius 1 is 1.47 bits per heavy atom. The van der Waals surface area contributed by atoms with Gasteiger partial charge in [-0.1, -0.05) is 13.8 Å². The second-order valence-corrected chi connectivity index (χ2v) is 5.10. The van der Waals surface area contributed by atoms with Gasteiger partial charge in [-0.25, -0.2) is 0 Å². The Bertz CT molecular complexity index is 426. The lowest BCUT2D eigenvalue weighted by atomic mass is 9.98. The third-order valence-corrected chi connectivity index (χ3v) is 3.99. The van der Waals surface area contributed by atoms with E-state index < -0.39 is 0 Å². The number of nitrogens with one attached hydrogen (secondary N) is 2. The van der Waals surface area contributed by atoms with Crippen LogP contribution < -0.4 is 11.1 Å². The number of aromatic amines is 1. The maximum Gasteiger partial charge on any atom is 0.274 e. The van der Waals surface area contributed by atoms with Gasteiger partial charge in [0.05, 0.1) is 11.4 Å². The molecule has 17 heavy (non-hydrogen) atoms.